The molecule has 0 unspecified atom stereocenters. The molecule has 0 saturated heterocycles. The van der Waals surface area contributed by atoms with E-state index in [1.807, 2.05) is 43.3 Å². The van der Waals surface area contributed by atoms with Crippen molar-refractivity contribution in [3.8, 4) is 0 Å². The molecule has 1 aromatic heterocycles. The first-order valence-electron chi connectivity index (χ1n) is 6.42. The zero-order valence-corrected chi connectivity index (χ0v) is 13.7. The number of nitrogen functional groups attached to an aromatic ring is 1. The SMILES string of the molecule is Cc1cccc(Cl)c1Nc1c(N)cnc2ccc(Br)cc12. The van der Waals surface area contributed by atoms with E-state index in [1.54, 1.807) is 6.20 Å². The van der Waals surface area contributed by atoms with Gasteiger partial charge < -0.3 is 11.1 Å². The number of nitrogens with one attached hydrogen (secondary N) is 1. The number of benzene rings is 2. The van der Waals surface area contributed by atoms with Crippen molar-refractivity contribution in [2.45, 2.75) is 6.92 Å². The lowest BCUT2D eigenvalue weighted by Gasteiger charge is -2.15. The molecule has 3 aromatic rings. The van der Waals surface area contributed by atoms with Gasteiger partial charge in [-0.1, -0.05) is 39.7 Å². The molecule has 3 nitrogen and oxygen atoms in total. The number of halogens is 2. The van der Waals surface area contributed by atoms with Gasteiger partial charge in [0, 0.05) is 9.86 Å². The van der Waals surface area contributed by atoms with E-state index >= 15 is 0 Å². The van der Waals surface area contributed by atoms with Crippen LogP contribution in [0, 0.1) is 6.92 Å². The second-order valence-electron chi connectivity index (χ2n) is 4.81. The summed E-state index contributed by atoms with van der Waals surface area (Å²) in [6, 6.07) is 11.7. The van der Waals surface area contributed by atoms with E-state index in [0.29, 0.717) is 10.7 Å². The Labute approximate surface area is 136 Å². The summed E-state index contributed by atoms with van der Waals surface area (Å²) in [5.74, 6) is 0. The van der Waals surface area contributed by atoms with Crippen LogP contribution in [0.5, 0.6) is 0 Å². The van der Waals surface area contributed by atoms with E-state index < -0.39 is 0 Å². The van der Waals surface area contributed by atoms with Gasteiger partial charge in [0.2, 0.25) is 0 Å². The van der Waals surface area contributed by atoms with Crippen molar-refractivity contribution in [1.82, 2.24) is 4.98 Å². The summed E-state index contributed by atoms with van der Waals surface area (Å²) in [5, 5.41) is 4.97. The zero-order chi connectivity index (χ0) is 15.0. The molecule has 5 heteroatoms. The number of para-hydroxylation sites is 1. The van der Waals surface area contributed by atoms with Gasteiger partial charge in [-0.05, 0) is 36.8 Å². The van der Waals surface area contributed by atoms with Crippen LogP contribution in [0.2, 0.25) is 5.02 Å². The predicted octanol–water partition coefficient (Wildman–Crippen LogP) is 5.28. The Morgan fingerprint density at radius 3 is 2.76 bits per heavy atom. The van der Waals surface area contributed by atoms with Gasteiger partial charge in [-0.15, -0.1) is 0 Å². The summed E-state index contributed by atoms with van der Waals surface area (Å²) in [7, 11) is 0. The summed E-state index contributed by atoms with van der Waals surface area (Å²) in [6.07, 6.45) is 1.66. The smallest absolute Gasteiger partial charge is 0.0746 e. The molecule has 0 spiro atoms. The Morgan fingerprint density at radius 1 is 1.19 bits per heavy atom. The Kier molecular flexibility index (Phi) is 3.74. The first-order chi connectivity index (χ1) is 10.1. The fraction of sp³-hybridized carbons (Fsp3) is 0.0625. The highest BCUT2D eigenvalue weighted by atomic mass is 79.9. The zero-order valence-electron chi connectivity index (χ0n) is 11.3. The van der Waals surface area contributed by atoms with Crippen LogP contribution in [-0.2, 0) is 0 Å². The van der Waals surface area contributed by atoms with Crippen LogP contribution in [-0.4, -0.2) is 4.98 Å². The average molecular weight is 363 g/mol. The lowest BCUT2D eigenvalue weighted by Crippen LogP contribution is -2.00. The van der Waals surface area contributed by atoms with Gasteiger partial charge >= 0.3 is 0 Å². The molecule has 0 fully saturated rings. The molecule has 2 aromatic carbocycles. The number of nitrogens with two attached hydrogens (primary N) is 1. The van der Waals surface area contributed by atoms with Crippen molar-refractivity contribution in [3.63, 3.8) is 0 Å². The second kappa shape index (κ2) is 5.54. The van der Waals surface area contributed by atoms with Crippen molar-refractivity contribution < 1.29 is 0 Å². The molecule has 0 aliphatic rings. The second-order valence-corrected chi connectivity index (χ2v) is 6.13. The third kappa shape index (κ3) is 2.69. The number of hydrogen-bond acceptors (Lipinski definition) is 3. The molecule has 1 heterocycles. The van der Waals surface area contributed by atoms with Crippen LogP contribution < -0.4 is 11.1 Å². The van der Waals surface area contributed by atoms with Crippen LogP contribution >= 0.6 is 27.5 Å². The summed E-state index contributed by atoms with van der Waals surface area (Å²) in [5.41, 5.74) is 10.3. The number of aromatic nitrogens is 1. The Morgan fingerprint density at radius 2 is 2.00 bits per heavy atom. The molecular weight excluding hydrogens is 350 g/mol. The van der Waals surface area contributed by atoms with Crippen molar-refractivity contribution in [1.29, 1.82) is 0 Å². The summed E-state index contributed by atoms with van der Waals surface area (Å²) in [4.78, 5) is 4.35. The number of rotatable bonds is 2. The molecule has 0 radical (unpaired) electrons. The van der Waals surface area contributed by atoms with E-state index in [9.17, 15) is 0 Å². The fourth-order valence-electron chi connectivity index (χ4n) is 2.23. The Balaban J connectivity index is 2.20. The third-order valence-corrected chi connectivity index (χ3v) is 4.14. The maximum absolute atomic E-state index is 6.29. The normalized spacial score (nSPS) is 10.8. The van der Waals surface area contributed by atoms with Crippen LogP contribution in [0.15, 0.2) is 47.1 Å². The first-order valence-corrected chi connectivity index (χ1v) is 7.59. The predicted molar refractivity (Wildman–Crippen MR) is 93.3 cm³/mol. The van der Waals surface area contributed by atoms with E-state index in [4.69, 9.17) is 17.3 Å². The molecule has 0 saturated carbocycles. The third-order valence-electron chi connectivity index (χ3n) is 3.33. The largest absolute Gasteiger partial charge is 0.396 e. The Hall–Kier alpha value is -1.78. The topological polar surface area (TPSA) is 50.9 Å². The number of hydrogen-bond donors (Lipinski definition) is 2. The molecule has 3 N–H and O–H groups in total. The quantitative estimate of drug-likeness (QED) is 0.651. The van der Waals surface area contributed by atoms with Crippen molar-refractivity contribution in [2.24, 2.45) is 0 Å². The summed E-state index contributed by atoms with van der Waals surface area (Å²) >= 11 is 9.77. The highest BCUT2D eigenvalue weighted by molar-refractivity contribution is 9.10. The highest BCUT2D eigenvalue weighted by Crippen LogP contribution is 2.35. The van der Waals surface area contributed by atoms with Gasteiger partial charge in [0.15, 0.2) is 0 Å². The molecule has 0 amide bonds. The lowest BCUT2D eigenvalue weighted by atomic mass is 10.1. The molecule has 3 rings (SSSR count). The van der Waals surface area contributed by atoms with Gasteiger partial charge in [-0.25, -0.2) is 0 Å². The van der Waals surface area contributed by atoms with E-state index in [-0.39, 0.29) is 0 Å². The summed E-state index contributed by atoms with van der Waals surface area (Å²) in [6.45, 7) is 2.00. The van der Waals surface area contributed by atoms with Gasteiger partial charge in [0.1, 0.15) is 0 Å². The number of pyridine rings is 1. The molecule has 0 aliphatic carbocycles. The van der Waals surface area contributed by atoms with E-state index in [0.717, 1.165) is 32.3 Å². The van der Waals surface area contributed by atoms with Crippen LogP contribution in [0.4, 0.5) is 17.1 Å². The lowest BCUT2D eigenvalue weighted by molar-refractivity contribution is 1.39. The molecular formula is C16H13BrClN3. The number of fused-ring (bicyclic) bond motifs is 1. The van der Waals surface area contributed by atoms with Gasteiger partial charge in [0.25, 0.3) is 0 Å². The Bertz CT molecular complexity index is 808. The number of nitrogens with zero attached hydrogens (tertiary/aromatic N) is 1. The van der Waals surface area contributed by atoms with Crippen molar-refractivity contribution in [2.75, 3.05) is 11.1 Å². The van der Waals surface area contributed by atoms with Crippen LogP contribution in [0.25, 0.3) is 10.9 Å². The van der Waals surface area contributed by atoms with Crippen molar-refractivity contribution in [3.05, 3.63) is 57.7 Å². The monoisotopic (exact) mass is 361 g/mol. The molecule has 0 atom stereocenters. The maximum Gasteiger partial charge on any atom is 0.0746 e. The van der Waals surface area contributed by atoms with Gasteiger partial charge in [-0.2, -0.15) is 0 Å². The standard InChI is InChI=1S/C16H13BrClN3/c1-9-3-2-4-12(18)15(9)21-16-11-7-10(17)5-6-14(11)20-8-13(16)19/h2-8H,19H2,1H3,(H,20,21). The number of anilines is 3. The highest BCUT2D eigenvalue weighted by Gasteiger charge is 2.11. The minimum atomic E-state index is 0.583. The maximum atomic E-state index is 6.29. The molecule has 0 bridgehead atoms. The van der Waals surface area contributed by atoms with Gasteiger partial charge in [0.05, 0.1) is 33.8 Å². The fourth-order valence-corrected chi connectivity index (χ4v) is 2.87. The van der Waals surface area contributed by atoms with E-state index in [2.05, 4.69) is 26.2 Å². The van der Waals surface area contributed by atoms with Crippen LogP contribution in [0.3, 0.4) is 0 Å². The average Bonchev–Trinajstić information content (AvgIpc) is 2.45. The van der Waals surface area contributed by atoms with Crippen molar-refractivity contribution >= 4 is 55.5 Å². The molecule has 0 aliphatic heterocycles. The van der Waals surface area contributed by atoms with E-state index in [1.165, 1.54) is 0 Å². The van der Waals surface area contributed by atoms with Gasteiger partial charge in [-0.3, -0.25) is 4.98 Å². The minimum absolute atomic E-state index is 0.583. The van der Waals surface area contributed by atoms with Crippen LogP contribution in [0.1, 0.15) is 5.56 Å². The molecule has 21 heavy (non-hydrogen) atoms. The summed E-state index contributed by atoms with van der Waals surface area (Å²) < 4.78 is 0.973. The minimum Gasteiger partial charge on any atom is -0.396 e. The molecule has 106 valence electrons. The first kappa shape index (κ1) is 14.2. The number of aryl methyl sites for hydroxylation is 1.